The summed E-state index contributed by atoms with van der Waals surface area (Å²) in [7, 11) is -6.71. The summed E-state index contributed by atoms with van der Waals surface area (Å²) in [6.07, 6.45) is 7.79. The average Bonchev–Trinajstić information content (AvgIpc) is 2.36. The van der Waals surface area contributed by atoms with E-state index in [0.29, 0.717) is 6.42 Å². The van der Waals surface area contributed by atoms with Crippen molar-refractivity contribution in [3.63, 3.8) is 0 Å². The first-order valence-electron chi connectivity index (χ1n) is 7.62. The Morgan fingerprint density at radius 3 is 2.36 bits per heavy atom. The second kappa shape index (κ2) is 11.3. The molecule has 0 bridgehead atoms. The van der Waals surface area contributed by atoms with Crippen molar-refractivity contribution in [1.29, 1.82) is 0 Å². The Kier molecular flexibility index (Phi) is 11.1. The summed E-state index contributed by atoms with van der Waals surface area (Å²) in [5, 5.41) is -1.19. The van der Waals surface area contributed by atoms with Crippen LogP contribution in [-0.4, -0.2) is 21.8 Å². The van der Waals surface area contributed by atoms with Crippen LogP contribution in [-0.2, 0) is 13.7 Å². The van der Waals surface area contributed by atoms with Gasteiger partial charge in [0.15, 0.2) is 0 Å². The quantitative estimate of drug-likeness (QED) is 0.306. The maximum absolute atomic E-state index is 11.7. The monoisotopic (exact) mass is 351 g/mol. The van der Waals surface area contributed by atoms with E-state index in [1.807, 2.05) is 0 Å². The van der Waals surface area contributed by atoms with E-state index in [1.54, 1.807) is 6.92 Å². The van der Waals surface area contributed by atoms with Crippen LogP contribution >= 0.6 is 15.6 Å². The molecule has 0 rings (SSSR count). The minimum Gasteiger partial charge on any atom is -0.321 e. The zero-order valence-electron chi connectivity index (χ0n) is 14.0. The van der Waals surface area contributed by atoms with Gasteiger partial charge in [-0.05, 0) is 57.9 Å². The van der Waals surface area contributed by atoms with E-state index in [-0.39, 0.29) is 13.0 Å². The zero-order chi connectivity index (χ0) is 17.2. The smallest absolute Gasteiger partial charge is 0.321 e. The molecular weight excluding hydrogens is 322 g/mol. The van der Waals surface area contributed by atoms with Crippen molar-refractivity contribution in [3.05, 3.63) is 23.3 Å². The molecule has 0 radical (unpaired) electrons. The average molecular weight is 351 g/mol. The fraction of sp³-hybridized carbons (Fsp3) is 0.733. The molecule has 2 N–H and O–H groups in total. The third-order valence-corrected chi connectivity index (χ3v) is 6.90. The summed E-state index contributed by atoms with van der Waals surface area (Å²) in [6.45, 7) is 8.04. The van der Waals surface area contributed by atoms with Crippen molar-refractivity contribution in [2.45, 2.75) is 65.2 Å². The molecule has 0 amide bonds. The summed E-state index contributed by atoms with van der Waals surface area (Å²) in [6, 6.07) is 0. The lowest BCUT2D eigenvalue weighted by atomic mass is 10.1. The van der Waals surface area contributed by atoms with Gasteiger partial charge in [-0.25, -0.2) is 0 Å². The van der Waals surface area contributed by atoms with Gasteiger partial charge in [-0.15, -0.1) is 4.52 Å². The molecule has 2 unspecified atom stereocenters. The molecule has 0 fully saturated rings. The van der Waals surface area contributed by atoms with Crippen LogP contribution in [0.4, 0.5) is 0 Å². The summed E-state index contributed by atoms with van der Waals surface area (Å²) < 4.78 is 28.0. The van der Waals surface area contributed by atoms with E-state index >= 15 is 0 Å². The van der Waals surface area contributed by atoms with Crippen LogP contribution in [0.15, 0.2) is 23.3 Å². The molecule has 22 heavy (non-hydrogen) atoms. The molecule has 0 aromatic rings. The Labute approximate surface area is 134 Å². The molecule has 0 aliphatic carbocycles. The van der Waals surface area contributed by atoms with Crippen molar-refractivity contribution in [2.75, 3.05) is 6.61 Å². The Balaban J connectivity index is 4.31. The normalized spacial score (nSPS) is 14.6. The van der Waals surface area contributed by atoms with Gasteiger partial charge in [-0.3, -0.25) is 4.57 Å². The van der Waals surface area contributed by atoms with Crippen LogP contribution in [0.5, 0.6) is 0 Å². The van der Waals surface area contributed by atoms with E-state index < -0.39 is 21.0 Å². The van der Waals surface area contributed by atoms with Crippen LogP contribution in [0.25, 0.3) is 0 Å². The standard InChI is InChI=1S/C15H28O5P2/c1-5-20-21(16)15(22(17,18)19)12-7-6-10-14(4)11-8-9-13(2)3/h9-10,15H,5-8,11-12H2,1-4H3,(H-,17,18,19)/p+1. The number of rotatable bonds is 11. The third-order valence-electron chi connectivity index (χ3n) is 3.14. The summed E-state index contributed by atoms with van der Waals surface area (Å²) in [5.74, 6) is 0. The molecule has 7 heteroatoms. The van der Waals surface area contributed by atoms with Crippen LogP contribution in [0, 0.1) is 0 Å². The summed E-state index contributed by atoms with van der Waals surface area (Å²) in [5.41, 5.74) is 2.57. The molecule has 0 saturated heterocycles. The Bertz CT molecular complexity index is 447. The van der Waals surface area contributed by atoms with Crippen LogP contribution in [0.3, 0.4) is 0 Å². The number of allylic oxidation sites excluding steroid dienone is 4. The molecule has 5 nitrogen and oxygen atoms in total. The Morgan fingerprint density at radius 1 is 1.23 bits per heavy atom. The topological polar surface area (TPSA) is 83.8 Å². The fourth-order valence-electron chi connectivity index (χ4n) is 1.95. The van der Waals surface area contributed by atoms with Crippen LogP contribution in [0.1, 0.15) is 59.8 Å². The maximum Gasteiger partial charge on any atom is 0.524 e. The van der Waals surface area contributed by atoms with Gasteiger partial charge in [0.1, 0.15) is 0 Å². The SMILES string of the molecule is CCO[P+](=O)C(CCCC=C(C)CCC=C(C)C)P(=O)(O)O. The first-order chi connectivity index (χ1) is 10.2. The van der Waals surface area contributed by atoms with Crippen LogP contribution < -0.4 is 0 Å². The lowest BCUT2D eigenvalue weighted by Gasteiger charge is -2.07. The molecule has 0 aliphatic rings. The molecule has 0 saturated carbocycles. The van der Waals surface area contributed by atoms with E-state index in [4.69, 9.17) is 4.52 Å². The van der Waals surface area contributed by atoms with Gasteiger partial charge in [0, 0.05) is 6.42 Å². The van der Waals surface area contributed by atoms with E-state index in [9.17, 15) is 18.9 Å². The maximum atomic E-state index is 11.7. The minimum absolute atomic E-state index is 0.190. The first-order valence-corrected chi connectivity index (χ1v) is 10.5. The van der Waals surface area contributed by atoms with Gasteiger partial charge in [0.2, 0.25) is 0 Å². The van der Waals surface area contributed by atoms with Crippen LogP contribution in [0.2, 0.25) is 0 Å². The molecule has 0 aromatic carbocycles. The largest absolute Gasteiger partial charge is 0.524 e. The lowest BCUT2D eigenvalue weighted by Crippen LogP contribution is -2.05. The van der Waals surface area contributed by atoms with Crippen molar-refractivity contribution in [3.8, 4) is 0 Å². The van der Waals surface area contributed by atoms with Gasteiger partial charge in [-0.1, -0.05) is 23.3 Å². The second-order valence-corrected chi connectivity index (χ2v) is 9.24. The highest BCUT2D eigenvalue weighted by Crippen LogP contribution is 2.55. The van der Waals surface area contributed by atoms with E-state index in [2.05, 4.69) is 32.9 Å². The molecular formula is C15H29O5P2+. The van der Waals surface area contributed by atoms with Crippen molar-refractivity contribution in [1.82, 2.24) is 0 Å². The molecule has 0 aromatic heterocycles. The highest BCUT2D eigenvalue weighted by Gasteiger charge is 2.46. The highest BCUT2D eigenvalue weighted by atomic mass is 31.2. The fourth-order valence-corrected chi connectivity index (χ4v) is 4.47. The van der Waals surface area contributed by atoms with Crippen molar-refractivity contribution in [2.24, 2.45) is 0 Å². The molecule has 0 heterocycles. The highest BCUT2D eigenvalue weighted by molar-refractivity contribution is 7.65. The number of hydrogen-bond donors (Lipinski definition) is 2. The van der Waals surface area contributed by atoms with E-state index in [1.165, 1.54) is 11.1 Å². The molecule has 128 valence electrons. The summed E-state index contributed by atoms with van der Waals surface area (Å²) in [4.78, 5) is 18.6. The number of unbranched alkanes of at least 4 members (excludes halogenated alkanes) is 1. The lowest BCUT2D eigenvalue weighted by molar-refractivity contribution is 0.332. The third kappa shape index (κ3) is 10.4. The molecule has 0 spiro atoms. The predicted octanol–water partition coefficient (Wildman–Crippen LogP) is 5.13. The second-order valence-electron chi connectivity index (χ2n) is 5.57. The predicted molar refractivity (Wildman–Crippen MR) is 91.3 cm³/mol. The summed E-state index contributed by atoms with van der Waals surface area (Å²) >= 11 is 0. The van der Waals surface area contributed by atoms with Gasteiger partial charge in [0.25, 0.3) is 5.40 Å². The zero-order valence-corrected chi connectivity index (χ0v) is 15.8. The van der Waals surface area contributed by atoms with Gasteiger partial charge < -0.3 is 9.79 Å². The minimum atomic E-state index is -4.39. The molecule has 2 atom stereocenters. The number of hydrogen-bond acceptors (Lipinski definition) is 3. The van der Waals surface area contributed by atoms with Crippen molar-refractivity contribution >= 4 is 15.6 Å². The van der Waals surface area contributed by atoms with E-state index in [0.717, 1.165) is 19.3 Å². The Morgan fingerprint density at radius 2 is 1.86 bits per heavy atom. The van der Waals surface area contributed by atoms with Gasteiger partial charge >= 0.3 is 15.6 Å². The van der Waals surface area contributed by atoms with Gasteiger partial charge in [0.05, 0.1) is 6.61 Å². The van der Waals surface area contributed by atoms with Gasteiger partial charge in [-0.2, -0.15) is 0 Å². The van der Waals surface area contributed by atoms with Crippen molar-refractivity contribution < 1.29 is 23.4 Å². The Hall–Kier alpha value is -0.310. The first kappa shape index (κ1) is 21.7. The molecule has 0 aliphatic heterocycles.